The van der Waals surface area contributed by atoms with Crippen LogP contribution in [0.25, 0.3) is 0 Å². The number of carbonyl (C=O) groups is 1. The van der Waals surface area contributed by atoms with Crippen molar-refractivity contribution >= 4 is 5.97 Å². The lowest BCUT2D eigenvalue weighted by molar-refractivity contribution is -0.137. The van der Waals surface area contributed by atoms with Crippen LogP contribution in [0.3, 0.4) is 0 Å². The highest BCUT2D eigenvalue weighted by Crippen LogP contribution is 2.02. The molecular weight excluding hydrogens is 184 g/mol. The number of aliphatic hydroxyl groups is 2. The fourth-order valence-electron chi connectivity index (χ4n) is 0.890. The molecule has 0 saturated heterocycles. The summed E-state index contributed by atoms with van der Waals surface area (Å²) in [5.74, 6) is -0.846. The molecule has 0 heterocycles. The molecule has 0 bridgehead atoms. The summed E-state index contributed by atoms with van der Waals surface area (Å²) >= 11 is 0. The summed E-state index contributed by atoms with van der Waals surface area (Å²) < 4.78 is 0. The number of allylic oxidation sites excluding steroid dienone is 2. The van der Waals surface area contributed by atoms with Crippen LogP contribution in [0.2, 0.25) is 0 Å². The molecule has 0 spiro atoms. The Morgan fingerprint density at radius 3 is 2.64 bits per heavy atom. The first-order chi connectivity index (χ1) is 6.66. The van der Waals surface area contributed by atoms with Gasteiger partial charge in [0.05, 0.1) is 12.7 Å². The van der Waals surface area contributed by atoms with E-state index in [-0.39, 0.29) is 13.0 Å². The number of hydrogen-bond donors (Lipinski definition) is 3. The predicted molar refractivity (Wildman–Crippen MR) is 52.9 cm³/mol. The van der Waals surface area contributed by atoms with Crippen molar-refractivity contribution in [2.45, 2.75) is 25.4 Å². The minimum Gasteiger partial charge on any atom is -0.481 e. The lowest BCUT2D eigenvalue weighted by Gasteiger charge is -2.02. The van der Waals surface area contributed by atoms with Crippen LogP contribution in [0.15, 0.2) is 24.3 Å². The first-order valence-corrected chi connectivity index (χ1v) is 4.51. The van der Waals surface area contributed by atoms with Gasteiger partial charge in [-0.1, -0.05) is 24.3 Å². The molecule has 0 fully saturated rings. The topological polar surface area (TPSA) is 77.8 Å². The normalized spacial score (nSPS) is 13.9. The highest BCUT2D eigenvalue weighted by molar-refractivity contribution is 5.66. The molecule has 80 valence electrons. The summed E-state index contributed by atoms with van der Waals surface area (Å²) in [6, 6.07) is 0. The van der Waals surface area contributed by atoms with Crippen LogP contribution in [0.5, 0.6) is 0 Å². The minimum atomic E-state index is -0.846. The molecular formula is C10H16O4. The van der Waals surface area contributed by atoms with E-state index >= 15 is 0 Å². The van der Waals surface area contributed by atoms with E-state index in [1.807, 2.05) is 0 Å². The minimum absolute atomic E-state index is 0.0283. The summed E-state index contributed by atoms with van der Waals surface area (Å²) in [5, 5.41) is 26.0. The third-order valence-electron chi connectivity index (χ3n) is 1.58. The van der Waals surface area contributed by atoms with E-state index in [1.165, 1.54) is 0 Å². The van der Waals surface area contributed by atoms with Gasteiger partial charge < -0.3 is 15.3 Å². The second kappa shape index (κ2) is 8.47. The number of aliphatic carboxylic acids is 1. The van der Waals surface area contributed by atoms with E-state index in [2.05, 4.69) is 0 Å². The van der Waals surface area contributed by atoms with Crippen molar-refractivity contribution in [2.75, 3.05) is 6.61 Å². The summed E-state index contributed by atoms with van der Waals surface area (Å²) in [4.78, 5) is 10.1. The van der Waals surface area contributed by atoms with Gasteiger partial charge in [0, 0.05) is 6.42 Å². The fraction of sp³-hybridized carbons (Fsp3) is 0.500. The van der Waals surface area contributed by atoms with E-state index in [1.54, 1.807) is 24.3 Å². The molecule has 0 aromatic rings. The van der Waals surface area contributed by atoms with Gasteiger partial charge in [0.25, 0.3) is 0 Å². The predicted octanol–water partition coefficient (Wildman–Crippen LogP) is 0.707. The molecule has 14 heavy (non-hydrogen) atoms. The summed E-state index contributed by atoms with van der Waals surface area (Å²) in [5.41, 5.74) is 0. The van der Waals surface area contributed by atoms with Gasteiger partial charge in [-0.15, -0.1) is 0 Å². The Kier molecular flexibility index (Phi) is 7.78. The first-order valence-electron chi connectivity index (χ1n) is 4.51. The number of rotatable bonds is 7. The maximum absolute atomic E-state index is 10.1. The van der Waals surface area contributed by atoms with Crippen molar-refractivity contribution in [3.63, 3.8) is 0 Å². The van der Waals surface area contributed by atoms with Crippen LogP contribution in [0.4, 0.5) is 0 Å². The van der Waals surface area contributed by atoms with Crippen LogP contribution in [0.1, 0.15) is 19.3 Å². The Morgan fingerprint density at radius 1 is 1.36 bits per heavy atom. The van der Waals surface area contributed by atoms with Crippen molar-refractivity contribution in [1.29, 1.82) is 0 Å². The molecule has 0 rings (SSSR count). The van der Waals surface area contributed by atoms with Crippen molar-refractivity contribution in [2.24, 2.45) is 0 Å². The van der Waals surface area contributed by atoms with Gasteiger partial charge in [0.15, 0.2) is 0 Å². The van der Waals surface area contributed by atoms with Crippen molar-refractivity contribution < 1.29 is 20.1 Å². The zero-order valence-corrected chi connectivity index (χ0v) is 7.97. The third kappa shape index (κ3) is 8.96. The molecule has 3 N–H and O–H groups in total. The van der Waals surface area contributed by atoms with Gasteiger partial charge in [-0.3, -0.25) is 4.79 Å². The lowest BCUT2D eigenvalue weighted by atomic mass is 10.1. The van der Waals surface area contributed by atoms with Crippen LogP contribution in [-0.4, -0.2) is 34.0 Å². The molecule has 0 aliphatic carbocycles. The molecule has 0 aliphatic rings. The Balaban J connectivity index is 3.54. The lowest BCUT2D eigenvalue weighted by Crippen LogP contribution is -2.03. The summed E-state index contributed by atoms with van der Waals surface area (Å²) in [6.45, 7) is -0.0283. The van der Waals surface area contributed by atoms with Crippen molar-refractivity contribution in [1.82, 2.24) is 0 Å². The van der Waals surface area contributed by atoms with Gasteiger partial charge in [0.2, 0.25) is 0 Å². The Bertz CT molecular complexity index is 208. The zero-order valence-electron chi connectivity index (χ0n) is 7.97. The smallest absolute Gasteiger partial charge is 0.303 e. The Morgan fingerprint density at radius 2 is 2.07 bits per heavy atom. The highest BCUT2D eigenvalue weighted by Gasteiger charge is 2.01. The average Bonchev–Trinajstić information content (AvgIpc) is 2.12. The largest absolute Gasteiger partial charge is 0.481 e. The van der Waals surface area contributed by atoms with E-state index in [9.17, 15) is 9.90 Å². The van der Waals surface area contributed by atoms with Gasteiger partial charge >= 0.3 is 5.97 Å². The molecule has 4 nitrogen and oxygen atoms in total. The fourth-order valence-corrected chi connectivity index (χ4v) is 0.890. The SMILES string of the molecule is O=C(O)CCCC(O)/C=C/C=C/CO. The van der Waals surface area contributed by atoms with Gasteiger partial charge in [-0.2, -0.15) is 0 Å². The molecule has 4 heteroatoms. The molecule has 0 saturated carbocycles. The maximum atomic E-state index is 10.1. The second-order valence-corrected chi connectivity index (χ2v) is 2.85. The van der Waals surface area contributed by atoms with Crippen molar-refractivity contribution in [3.8, 4) is 0 Å². The average molecular weight is 200 g/mol. The Hall–Kier alpha value is -1.13. The van der Waals surface area contributed by atoms with Gasteiger partial charge in [-0.25, -0.2) is 0 Å². The van der Waals surface area contributed by atoms with Crippen LogP contribution >= 0.6 is 0 Å². The monoisotopic (exact) mass is 200 g/mol. The van der Waals surface area contributed by atoms with E-state index in [4.69, 9.17) is 10.2 Å². The molecule has 0 aromatic heterocycles. The highest BCUT2D eigenvalue weighted by atomic mass is 16.4. The van der Waals surface area contributed by atoms with Crippen LogP contribution in [-0.2, 0) is 4.79 Å². The molecule has 1 unspecified atom stereocenters. The molecule has 0 aliphatic heterocycles. The number of hydrogen-bond acceptors (Lipinski definition) is 3. The molecule has 0 amide bonds. The zero-order chi connectivity index (χ0) is 10.8. The molecule has 0 radical (unpaired) electrons. The standard InChI is InChI=1S/C10H16O4/c11-8-3-1-2-5-9(12)6-4-7-10(13)14/h1-3,5,9,11-12H,4,6-8H2,(H,13,14)/b3-1+,5-2+. The van der Waals surface area contributed by atoms with Crippen molar-refractivity contribution in [3.05, 3.63) is 24.3 Å². The number of aliphatic hydroxyl groups excluding tert-OH is 2. The molecule has 1 atom stereocenters. The van der Waals surface area contributed by atoms with E-state index in [0.29, 0.717) is 12.8 Å². The Labute approximate surface area is 83.2 Å². The summed E-state index contributed by atoms with van der Waals surface area (Å²) in [6.07, 6.45) is 6.73. The summed E-state index contributed by atoms with van der Waals surface area (Å²) in [7, 11) is 0. The van der Waals surface area contributed by atoms with Gasteiger partial charge in [0.1, 0.15) is 0 Å². The first kappa shape index (κ1) is 12.9. The molecule has 0 aromatic carbocycles. The van der Waals surface area contributed by atoms with E-state index in [0.717, 1.165) is 0 Å². The second-order valence-electron chi connectivity index (χ2n) is 2.85. The van der Waals surface area contributed by atoms with E-state index < -0.39 is 12.1 Å². The van der Waals surface area contributed by atoms with Gasteiger partial charge in [-0.05, 0) is 12.8 Å². The van der Waals surface area contributed by atoms with Crippen LogP contribution in [0, 0.1) is 0 Å². The van der Waals surface area contributed by atoms with Crippen LogP contribution < -0.4 is 0 Å². The third-order valence-corrected chi connectivity index (χ3v) is 1.58. The number of carboxylic acid groups (broad SMARTS) is 1. The maximum Gasteiger partial charge on any atom is 0.303 e. The number of carboxylic acids is 1. The quantitative estimate of drug-likeness (QED) is 0.529.